The summed E-state index contributed by atoms with van der Waals surface area (Å²) in [7, 11) is 0. The predicted octanol–water partition coefficient (Wildman–Crippen LogP) is 3.31. The highest BCUT2D eigenvalue weighted by Gasteiger charge is 2.03. The number of hydrogen-bond donors (Lipinski definition) is 0. The van der Waals surface area contributed by atoms with Gasteiger partial charge < -0.3 is 4.74 Å². The molecule has 2 heteroatoms. The average molecular weight is 220 g/mol. The first-order chi connectivity index (χ1) is 7.63. The molecule has 0 bridgehead atoms. The molecule has 0 aliphatic carbocycles. The number of ether oxygens (including phenoxy) is 1. The summed E-state index contributed by atoms with van der Waals surface area (Å²) < 4.78 is 4.89. The maximum atomic E-state index is 11.2. The number of rotatable bonds is 5. The molecule has 16 heavy (non-hydrogen) atoms. The van der Waals surface area contributed by atoms with Gasteiger partial charge in [0.05, 0.1) is 6.61 Å². The van der Waals surface area contributed by atoms with Crippen molar-refractivity contribution in [2.75, 3.05) is 6.61 Å². The van der Waals surface area contributed by atoms with Gasteiger partial charge in [-0.15, -0.1) is 0 Å². The maximum Gasteiger partial charge on any atom is 0.306 e. The second-order valence-corrected chi connectivity index (χ2v) is 4.20. The first kappa shape index (κ1) is 12.8. The lowest BCUT2D eigenvalue weighted by Gasteiger charge is -2.06. The van der Waals surface area contributed by atoms with Gasteiger partial charge in [-0.25, -0.2) is 0 Å². The van der Waals surface area contributed by atoms with Crippen molar-refractivity contribution in [2.24, 2.45) is 0 Å². The highest BCUT2D eigenvalue weighted by atomic mass is 16.5. The second kappa shape index (κ2) is 6.31. The van der Waals surface area contributed by atoms with Crippen molar-refractivity contribution in [3.05, 3.63) is 35.4 Å². The fourth-order valence-corrected chi connectivity index (χ4v) is 1.55. The van der Waals surface area contributed by atoms with Crippen LogP contribution in [0, 0.1) is 0 Å². The quantitative estimate of drug-likeness (QED) is 0.712. The standard InChI is InChI=1S/C14H20O2/c1-4-16-14(15)10-7-12-5-8-13(9-6-12)11(2)3/h5-6,8-9,11H,4,7,10H2,1-3H3. The van der Waals surface area contributed by atoms with Crippen LogP contribution in [0.5, 0.6) is 0 Å². The molecule has 0 spiro atoms. The van der Waals surface area contributed by atoms with Crippen LogP contribution in [-0.2, 0) is 16.0 Å². The Bertz CT molecular complexity index is 325. The number of carbonyl (C=O) groups excluding carboxylic acids is 1. The minimum atomic E-state index is -0.115. The lowest BCUT2D eigenvalue weighted by molar-refractivity contribution is -0.143. The van der Waals surface area contributed by atoms with Gasteiger partial charge in [0.15, 0.2) is 0 Å². The topological polar surface area (TPSA) is 26.3 Å². The Hall–Kier alpha value is -1.31. The Morgan fingerprint density at radius 1 is 1.25 bits per heavy atom. The summed E-state index contributed by atoms with van der Waals surface area (Å²) in [4.78, 5) is 11.2. The molecule has 0 saturated carbocycles. The van der Waals surface area contributed by atoms with E-state index >= 15 is 0 Å². The van der Waals surface area contributed by atoms with E-state index in [4.69, 9.17) is 4.74 Å². The third kappa shape index (κ3) is 4.05. The van der Waals surface area contributed by atoms with E-state index < -0.39 is 0 Å². The Morgan fingerprint density at radius 3 is 2.38 bits per heavy atom. The predicted molar refractivity (Wildman–Crippen MR) is 65.5 cm³/mol. The molecule has 0 heterocycles. The molecule has 1 aromatic carbocycles. The summed E-state index contributed by atoms with van der Waals surface area (Å²) in [5, 5.41) is 0. The van der Waals surface area contributed by atoms with E-state index in [1.54, 1.807) is 0 Å². The van der Waals surface area contributed by atoms with Crippen molar-refractivity contribution in [2.45, 2.75) is 39.5 Å². The Labute approximate surface area is 97.6 Å². The first-order valence-electron chi connectivity index (χ1n) is 5.88. The van der Waals surface area contributed by atoms with E-state index in [9.17, 15) is 4.79 Å². The second-order valence-electron chi connectivity index (χ2n) is 4.20. The molecular weight excluding hydrogens is 200 g/mol. The van der Waals surface area contributed by atoms with Gasteiger partial charge in [0.2, 0.25) is 0 Å². The first-order valence-corrected chi connectivity index (χ1v) is 5.88. The molecule has 0 amide bonds. The van der Waals surface area contributed by atoms with Crippen LogP contribution in [0.2, 0.25) is 0 Å². The molecule has 0 atom stereocenters. The Kier molecular flexibility index (Phi) is 5.03. The van der Waals surface area contributed by atoms with Crippen LogP contribution in [0.1, 0.15) is 44.2 Å². The zero-order valence-electron chi connectivity index (χ0n) is 10.3. The van der Waals surface area contributed by atoms with E-state index in [1.165, 1.54) is 11.1 Å². The Balaban J connectivity index is 2.46. The van der Waals surface area contributed by atoms with Gasteiger partial charge in [-0.05, 0) is 30.4 Å². The average Bonchev–Trinajstić information content (AvgIpc) is 2.27. The number of aryl methyl sites for hydroxylation is 1. The highest BCUT2D eigenvalue weighted by molar-refractivity contribution is 5.69. The molecule has 0 aliphatic heterocycles. The van der Waals surface area contributed by atoms with Crippen molar-refractivity contribution in [1.29, 1.82) is 0 Å². The molecule has 88 valence electrons. The number of hydrogen-bond acceptors (Lipinski definition) is 2. The summed E-state index contributed by atoms with van der Waals surface area (Å²) in [6, 6.07) is 8.44. The van der Waals surface area contributed by atoms with Crippen LogP contribution in [0.3, 0.4) is 0 Å². The fraction of sp³-hybridized carbons (Fsp3) is 0.500. The van der Waals surface area contributed by atoms with Gasteiger partial charge in [0.25, 0.3) is 0 Å². The molecular formula is C14H20O2. The summed E-state index contributed by atoms with van der Waals surface area (Å²) >= 11 is 0. The SMILES string of the molecule is CCOC(=O)CCc1ccc(C(C)C)cc1. The van der Waals surface area contributed by atoms with Crippen LogP contribution in [0.4, 0.5) is 0 Å². The third-order valence-corrected chi connectivity index (χ3v) is 2.57. The lowest BCUT2D eigenvalue weighted by Crippen LogP contribution is -2.05. The lowest BCUT2D eigenvalue weighted by atomic mass is 10.0. The molecule has 0 fully saturated rings. The van der Waals surface area contributed by atoms with E-state index in [1.807, 2.05) is 6.92 Å². The summed E-state index contributed by atoms with van der Waals surface area (Å²) in [5.74, 6) is 0.439. The Morgan fingerprint density at radius 2 is 1.88 bits per heavy atom. The maximum absolute atomic E-state index is 11.2. The van der Waals surface area contributed by atoms with Crippen LogP contribution in [-0.4, -0.2) is 12.6 Å². The molecule has 0 saturated heterocycles. The van der Waals surface area contributed by atoms with Gasteiger partial charge in [0.1, 0.15) is 0 Å². The summed E-state index contributed by atoms with van der Waals surface area (Å²) in [6.07, 6.45) is 1.23. The molecule has 1 rings (SSSR count). The molecule has 0 aliphatic rings. The fourth-order valence-electron chi connectivity index (χ4n) is 1.55. The zero-order chi connectivity index (χ0) is 12.0. The largest absolute Gasteiger partial charge is 0.466 e. The minimum absolute atomic E-state index is 0.115. The zero-order valence-corrected chi connectivity index (χ0v) is 10.3. The summed E-state index contributed by atoms with van der Waals surface area (Å²) in [5.41, 5.74) is 2.53. The molecule has 0 N–H and O–H groups in total. The molecule has 0 aromatic heterocycles. The van der Waals surface area contributed by atoms with Crippen LogP contribution >= 0.6 is 0 Å². The van der Waals surface area contributed by atoms with Crippen molar-refractivity contribution < 1.29 is 9.53 Å². The van der Waals surface area contributed by atoms with Gasteiger partial charge in [-0.3, -0.25) is 4.79 Å². The van der Waals surface area contributed by atoms with Gasteiger partial charge in [0, 0.05) is 6.42 Å². The highest BCUT2D eigenvalue weighted by Crippen LogP contribution is 2.15. The van der Waals surface area contributed by atoms with E-state index in [0.29, 0.717) is 18.9 Å². The number of benzene rings is 1. The number of carbonyl (C=O) groups is 1. The van der Waals surface area contributed by atoms with E-state index in [2.05, 4.69) is 38.1 Å². The van der Waals surface area contributed by atoms with E-state index in [-0.39, 0.29) is 5.97 Å². The van der Waals surface area contributed by atoms with Crippen LogP contribution in [0.15, 0.2) is 24.3 Å². The molecule has 0 unspecified atom stereocenters. The molecule has 2 nitrogen and oxygen atoms in total. The van der Waals surface area contributed by atoms with Crippen LogP contribution in [0.25, 0.3) is 0 Å². The molecule has 1 aromatic rings. The van der Waals surface area contributed by atoms with Crippen molar-refractivity contribution >= 4 is 5.97 Å². The van der Waals surface area contributed by atoms with Crippen molar-refractivity contribution in [1.82, 2.24) is 0 Å². The van der Waals surface area contributed by atoms with Crippen molar-refractivity contribution in [3.63, 3.8) is 0 Å². The monoisotopic (exact) mass is 220 g/mol. The summed E-state index contributed by atoms with van der Waals surface area (Å²) in [6.45, 7) is 6.64. The molecule has 0 radical (unpaired) electrons. The van der Waals surface area contributed by atoms with Crippen molar-refractivity contribution in [3.8, 4) is 0 Å². The third-order valence-electron chi connectivity index (χ3n) is 2.57. The minimum Gasteiger partial charge on any atom is -0.466 e. The number of esters is 1. The smallest absolute Gasteiger partial charge is 0.306 e. The normalized spacial score (nSPS) is 10.5. The van der Waals surface area contributed by atoms with E-state index in [0.717, 1.165) is 6.42 Å². The van der Waals surface area contributed by atoms with Crippen LogP contribution < -0.4 is 0 Å². The van der Waals surface area contributed by atoms with Gasteiger partial charge in [-0.2, -0.15) is 0 Å². The van der Waals surface area contributed by atoms with Gasteiger partial charge in [-0.1, -0.05) is 38.1 Å². The van der Waals surface area contributed by atoms with Gasteiger partial charge >= 0.3 is 5.97 Å².